The van der Waals surface area contributed by atoms with Crippen LogP contribution in [0.1, 0.15) is 31.4 Å². The zero-order valence-corrected chi connectivity index (χ0v) is 18.0. The van der Waals surface area contributed by atoms with Gasteiger partial charge in [0.2, 0.25) is 5.91 Å². The number of hydrazine groups is 1. The molecule has 0 aliphatic carbocycles. The molecule has 7 heteroatoms. The summed E-state index contributed by atoms with van der Waals surface area (Å²) in [5, 5.41) is 0. The van der Waals surface area contributed by atoms with E-state index < -0.39 is 0 Å². The Labute approximate surface area is 183 Å². The summed E-state index contributed by atoms with van der Waals surface area (Å²) >= 11 is 0. The van der Waals surface area contributed by atoms with E-state index in [0.717, 1.165) is 49.5 Å². The van der Waals surface area contributed by atoms with Gasteiger partial charge in [0, 0.05) is 38.4 Å². The fraction of sp³-hybridized carbons (Fsp3) is 0.458. The number of carbonyl (C=O) groups excluding carboxylic acids is 1. The maximum atomic E-state index is 13.3. The molecule has 2 aliphatic heterocycles. The molecule has 31 heavy (non-hydrogen) atoms. The number of nitrogens with zero attached hydrogens (tertiary/aromatic N) is 2. The van der Waals surface area contributed by atoms with Crippen molar-refractivity contribution in [3.05, 3.63) is 59.9 Å². The van der Waals surface area contributed by atoms with Gasteiger partial charge in [0.15, 0.2) is 0 Å². The molecule has 0 aromatic heterocycles. The number of amides is 1. The van der Waals surface area contributed by atoms with Gasteiger partial charge in [0.25, 0.3) is 0 Å². The zero-order valence-electron chi connectivity index (χ0n) is 18.0. The van der Waals surface area contributed by atoms with Crippen molar-refractivity contribution in [2.45, 2.75) is 25.8 Å². The number of unbranched alkanes of at least 4 members (excludes halogenated alkanes) is 1. The van der Waals surface area contributed by atoms with Crippen molar-refractivity contribution in [1.29, 1.82) is 0 Å². The van der Waals surface area contributed by atoms with Crippen molar-refractivity contribution < 1.29 is 13.9 Å². The predicted molar refractivity (Wildman–Crippen MR) is 119 cm³/mol. The molecule has 2 atom stereocenters. The van der Waals surface area contributed by atoms with E-state index >= 15 is 0 Å². The molecule has 0 saturated carbocycles. The minimum atomic E-state index is -0.231. The largest absolute Gasteiger partial charge is 0.494 e. The molecular weight excluding hydrogens is 395 g/mol. The first-order valence-electron chi connectivity index (χ1n) is 11.2. The van der Waals surface area contributed by atoms with Crippen LogP contribution < -0.4 is 20.5 Å². The van der Waals surface area contributed by atoms with Gasteiger partial charge in [-0.15, -0.1) is 0 Å². The Kier molecular flexibility index (Phi) is 7.04. The van der Waals surface area contributed by atoms with Crippen LogP contribution in [0.15, 0.2) is 48.5 Å². The van der Waals surface area contributed by atoms with Crippen LogP contribution in [0.3, 0.4) is 0 Å². The normalized spacial score (nSPS) is 21.4. The molecule has 2 saturated heterocycles. The van der Waals surface area contributed by atoms with E-state index in [2.05, 4.69) is 22.7 Å². The number of benzene rings is 2. The quantitative estimate of drug-likeness (QED) is 0.667. The molecule has 0 radical (unpaired) electrons. The number of hydrogen-bond acceptors (Lipinski definition) is 5. The van der Waals surface area contributed by atoms with Crippen LogP contribution >= 0.6 is 0 Å². The molecule has 6 nitrogen and oxygen atoms in total. The Hall–Kier alpha value is -2.64. The molecule has 2 fully saturated rings. The summed E-state index contributed by atoms with van der Waals surface area (Å²) < 4.78 is 18.9. The van der Waals surface area contributed by atoms with Gasteiger partial charge in [-0.3, -0.25) is 10.2 Å². The Balaban J connectivity index is 1.34. The van der Waals surface area contributed by atoms with Crippen molar-refractivity contribution >= 4 is 11.6 Å². The molecule has 2 N–H and O–H groups in total. The van der Waals surface area contributed by atoms with Crippen LogP contribution in [-0.2, 0) is 4.79 Å². The first-order chi connectivity index (χ1) is 15.2. The SMILES string of the molecule is CCCCOc1ccc(C2NNCC2C(=O)N2CCN(c3ccc(F)cc3)CC2)cc1. The van der Waals surface area contributed by atoms with Crippen molar-refractivity contribution in [3.63, 3.8) is 0 Å². The second-order valence-corrected chi connectivity index (χ2v) is 8.17. The second kappa shape index (κ2) is 10.1. The van der Waals surface area contributed by atoms with Crippen LogP contribution in [0.25, 0.3) is 0 Å². The number of carbonyl (C=O) groups is 1. The molecule has 2 aliphatic rings. The average Bonchev–Trinajstić information content (AvgIpc) is 3.30. The summed E-state index contributed by atoms with van der Waals surface area (Å²) in [6.45, 7) is 6.32. The molecule has 2 unspecified atom stereocenters. The van der Waals surface area contributed by atoms with Crippen LogP contribution in [0, 0.1) is 11.7 Å². The number of piperazine rings is 1. The van der Waals surface area contributed by atoms with Crippen LogP contribution in [0.5, 0.6) is 5.75 Å². The number of anilines is 1. The highest BCUT2D eigenvalue weighted by atomic mass is 19.1. The number of halogens is 1. The van der Waals surface area contributed by atoms with Gasteiger partial charge in [0.05, 0.1) is 18.6 Å². The van der Waals surface area contributed by atoms with E-state index in [4.69, 9.17) is 4.74 Å². The molecule has 1 amide bonds. The van der Waals surface area contributed by atoms with Crippen molar-refractivity contribution in [2.75, 3.05) is 44.2 Å². The highest BCUT2D eigenvalue weighted by Crippen LogP contribution is 2.29. The van der Waals surface area contributed by atoms with Crippen LogP contribution in [0.2, 0.25) is 0 Å². The fourth-order valence-corrected chi connectivity index (χ4v) is 4.22. The number of rotatable bonds is 7. The fourth-order valence-electron chi connectivity index (χ4n) is 4.22. The van der Waals surface area contributed by atoms with Crippen LogP contribution in [0.4, 0.5) is 10.1 Å². The summed E-state index contributed by atoms with van der Waals surface area (Å²) in [6, 6.07) is 14.5. The van der Waals surface area contributed by atoms with Gasteiger partial charge >= 0.3 is 0 Å². The monoisotopic (exact) mass is 426 g/mol. The first kappa shape index (κ1) is 21.6. The molecule has 0 bridgehead atoms. The van der Waals surface area contributed by atoms with Crippen molar-refractivity contribution in [2.24, 2.45) is 5.92 Å². The van der Waals surface area contributed by atoms with Crippen molar-refractivity contribution in [1.82, 2.24) is 15.8 Å². The lowest BCUT2D eigenvalue weighted by Crippen LogP contribution is -2.51. The molecule has 2 heterocycles. The van der Waals surface area contributed by atoms with Crippen LogP contribution in [-0.4, -0.2) is 50.1 Å². The van der Waals surface area contributed by atoms with Gasteiger partial charge in [0.1, 0.15) is 11.6 Å². The second-order valence-electron chi connectivity index (χ2n) is 8.17. The topological polar surface area (TPSA) is 56.8 Å². The minimum absolute atomic E-state index is 0.0627. The smallest absolute Gasteiger partial charge is 0.229 e. The molecular formula is C24H31FN4O2. The first-order valence-corrected chi connectivity index (χ1v) is 11.2. The number of hydrogen-bond donors (Lipinski definition) is 2. The summed E-state index contributed by atoms with van der Waals surface area (Å²) in [4.78, 5) is 17.4. The standard InChI is InChI=1S/C24H31FN4O2/c1-2-3-16-31-21-10-4-18(5-11-21)23-22(17-26-27-23)24(30)29-14-12-28(13-15-29)20-8-6-19(25)7-9-20/h4-11,22-23,26-27H,2-3,12-17H2,1H3. The number of ether oxygens (including phenoxy) is 1. The minimum Gasteiger partial charge on any atom is -0.494 e. The van der Waals surface area contributed by atoms with Gasteiger partial charge in [-0.25, -0.2) is 9.82 Å². The highest BCUT2D eigenvalue weighted by Gasteiger charge is 2.37. The van der Waals surface area contributed by atoms with E-state index in [9.17, 15) is 9.18 Å². The molecule has 2 aromatic rings. The average molecular weight is 427 g/mol. The summed E-state index contributed by atoms with van der Waals surface area (Å²) in [7, 11) is 0. The third-order valence-electron chi connectivity index (χ3n) is 6.09. The Bertz CT molecular complexity index is 851. The lowest BCUT2D eigenvalue weighted by molar-refractivity contribution is -0.135. The van der Waals surface area contributed by atoms with Crippen molar-refractivity contribution in [3.8, 4) is 5.75 Å². The van der Waals surface area contributed by atoms with E-state index in [1.165, 1.54) is 12.1 Å². The summed E-state index contributed by atoms with van der Waals surface area (Å²) in [6.07, 6.45) is 2.15. The van der Waals surface area contributed by atoms with E-state index in [0.29, 0.717) is 19.6 Å². The summed E-state index contributed by atoms with van der Waals surface area (Å²) in [5.41, 5.74) is 8.51. The zero-order chi connectivity index (χ0) is 21.6. The maximum Gasteiger partial charge on any atom is 0.229 e. The third kappa shape index (κ3) is 5.17. The Morgan fingerprint density at radius 1 is 1.06 bits per heavy atom. The predicted octanol–water partition coefficient (Wildman–Crippen LogP) is 3.12. The molecule has 166 valence electrons. The molecule has 4 rings (SSSR count). The summed E-state index contributed by atoms with van der Waals surface area (Å²) in [5.74, 6) is 0.655. The van der Waals surface area contributed by atoms with Gasteiger partial charge in [-0.05, 0) is 48.4 Å². The molecule has 2 aromatic carbocycles. The lowest BCUT2D eigenvalue weighted by atomic mass is 9.93. The number of nitrogens with one attached hydrogen (secondary N) is 2. The van der Waals surface area contributed by atoms with E-state index in [-0.39, 0.29) is 23.7 Å². The maximum absolute atomic E-state index is 13.3. The Morgan fingerprint density at radius 3 is 2.45 bits per heavy atom. The van der Waals surface area contributed by atoms with Gasteiger partial charge < -0.3 is 14.5 Å². The Morgan fingerprint density at radius 2 is 1.77 bits per heavy atom. The van der Waals surface area contributed by atoms with E-state index in [1.807, 2.05) is 29.2 Å². The van der Waals surface area contributed by atoms with E-state index in [1.54, 1.807) is 12.1 Å². The lowest BCUT2D eigenvalue weighted by Gasteiger charge is -2.37. The van der Waals surface area contributed by atoms with Gasteiger partial charge in [-0.1, -0.05) is 25.5 Å². The third-order valence-corrected chi connectivity index (χ3v) is 6.09. The van der Waals surface area contributed by atoms with Gasteiger partial charge in [-0.2, -0.15) is 0 Å². The molecule has 0 spiro atoms. The highest BCUT2D eigenvalue weighted by molar-refractivity contribution is 5.80.